The molecule has 0 bridgehead atoms. The number of thioether (sulfide) groups is 1. The summed E-state index contributed by atoms with van der Waals surface area (Å²) < 4.78 is 4.92. The highest BCUT2D eigenvalue weighted by Gasteiger charge is 2.22. The molecule has 2 N–H and O–H groups in total. The van der Waals surface area contributed by atoms with Gasteiger partial charge in [-0.2, -0.15) is 0 Å². The molecule has 0 amide bonds. The summed E-state index contributed by atoms with van der Waals surface area (Å²) >= 11 is 1.90. The van der Waals surface area contributed by atoms with E-state index in [0.29, 0.717) is 11.1 Å². The van der Waals surface area contributed by atoms with Crippen LogP contribution >= 0.6 is 11.8 Å². The lowest BCUT2D eigenvalue weighted by atomic mass is 10.1. The topological polar surface area (TPSA) is 52.0 Å². The second kappa shape index (κ2) is 3.56. The maximum atomic E-state index is 5.55. The molecule has 1 aliphatic rings. The largest absolute Gasteiger partial charge is 0.368 e. The number of anilines is 1. The third-order valence-electron chi connectivity index (χ3n) is 2.73. The third-order valence-corrected chi connectivity index (χ3v) is 4.01. The molecular weight excluding hydrogens is 220 g/mol. The molecule has 1 aliphatic heterocycles. The Labute approximate surface area is 98.0 Å². The molecule has 1 aromatic carbocycles. The monoisotopic (exact) mass is 232 g/mol. The second-order valence-corrected chi connectivity index (χ2v) is 5.49. The van der Waals surface area contributed by atoms with E-state index in [1.165, 1.54) is 10.5 Å². The summed E-state index contributed by atoms with van der Waals surface area (Å²) in [4.78, 5) is 1.32. The van der Waals surface area contributed by atoms with Gasteiger partial charge in [0, 0.05) is 21.8 Å². The lowest BCUT2D eigenvalue weighted by Gasteiger charge is -2.03. The van der Waals surface area contributed by atoms with Crippen LogP contribution in [0.25, 0.3) is 11.3 Å². The van der Waals surface area contributed by atoms with Gasteiger partial charge >= 0.3 is 0 Å². The fourth-order valence-corrected chi connectivity index (χ4v) is 3.32. The number of hydrogen-bond donors (Lipinski definition) is 1. The number of rotatable bonds is 1. The van der Waals surface area contributed by atoms with E-state index in [2.05, 4.69) is 30.3 Å². The van der Waals surface area contributed by atoms with Crippen molar-refractivity contribution < 1.29 is 4.52 Å². The summed E-state index contributed by atoms with van der Waals surface area (Å²) in [6.07, 6.45) is 1.13. The lowest BCUT2D eigenvalue weighted by Crippen LogP contribution is -1.90. The van der Waals surface area contributed by atoms with Crippen LogP contribution in [-0.4, -0.2) is 10.4 Å². The van der Waals surface area contributed by atoms with Gasteiger partial charge in [0.05, 0.1) is 0 Å². The molecule has 1 atom stereocenters. The summed E-state index contributed by atoms with van der Waals surface area (Å²) in [6, 6.07) is 8.09. The molecule has 0 fully saturated rings. The first kappa shape index (κ1) is 9.78. The van der Waals surface area contributed by atoms with Crippen LogP contribution in [0.4, 0.5) is 5.88 Å². The fraction of sp³-hybridized carbons (Fsp3) is 0.250. The molecule has 0 spiro atoms. The summed E-state index contributed by atoms with van der Waals surface area (Å²) in [6.45, 7) is 2.24. The Kier molecular flexibility index (Phi) is 2.17. The minimum absolute atomic E-state index is 0.364. The fourth-order valence-electron chi connectivity index (χ4n) is 2.06. The molecule has 3 nitrogen and oxygen atoms in total. The summed E-state index contributed by atoms with van der Waals surface area (Å²) in [5, 5.41) is 4.61. The second-order valence-electron chi connectivity index (χ2n) is 4.04. The van der Waals surface area contributed by atoms with E-state index < -0.39 is 0 Å². The van der Waals surface area contributed by atoms with E-state index >= 15 is 0 Å². The number of nitrogens with zero attached hydrogens (tertiary/aromatic N) is 1. The highest BCUT2D eigenvalue weighted by Crippen LogP contribution is 2.42. The van der Waals surface area contributed by atoms with Crippen molar-refractivity contribution in [2.24, 2.45) is 0 Å². The average Bonchev–Trinajstić information content (AvgIpc) is 2.82. The Morgan fingerprint density at radius 2 is 2.38 bits per heavy atom. The van der Waals surface area contributed by atoms with Gasteiger partial charge in [0.1, 0.15) is 5.69 Å². The zero-order chi connectivity index (χ0) is 11.1. The van der Waals surface area contributed by atoms with E-state index in [-0.39, 0.29) is 0 Å². The molecule has 0 radical (unpaired) electrons. The number of benzene rings is 1. The number of fused-ring (bicyclic) bond motifs is 1. The first-order chi connectivity index (χ1) is 7.74. The molecule has 1 unspecified atom stereocenters. The Balaban J connectivity index is 2.13. The molecule has 4 heteroatoms. The van der Waals surface area contributed by atoms with Crippen LogP contribution in [0.15, 0.2) is 33.7 Å². The van der Waals surface area contributed by atoms with Crippen molar-refractivity contribution in [1.82, 2.24) is 5.16 Å². The maximum absolute atomic E-state index is 5.55. The predicted molar refractivity (Wildman–Crippen MR) is 65.4 cm³/mol. The molecule has 1 aromatic heterocycles. The zero-order valence-electron chi connectivity index (χ0n) is 8.93. The van der Waals surface area contributed by atoms with Gasteiger partial charge in [0.15, 0.2) is 0 Å². The Morgan fingerprint density at radius 3 is 3.12 bits per heavy atom. The first-order valence-corrected chi connectivity index (χ1v) is 6.13. The highest BCUT2D eigenvalue weighted by molar-refractivity contribution is 8.00. The van der Waals surface area contributed by atoms with Crippen molar-refractivity contribution in [2.75, 3.05) is 5.73 Å². The van der Waals surface area contributed by atoms with Crippen molar-refractivity contribution in [3.63, 3.8) is 0 Å². The van der Waals surface area contributed by atoms with Crippen LogP contribution < -0.4 is 5.73 Å². The maximum Gasteiger partial charge on any atom is 0.222 e. The third kappa shape index (κ3) is 1.50. The molecule has 0 saturated heterocycles. The van der Waals surface area contributed by atoms with Crippen LogP contribution in [-0.2, 0) is 6.42 Å². The van der Waals surface area contributed by atoms with Crippen molar-refractivity contribution in [1.29, 1.82) is 0 Å². The van der Waals surface area contributed by atoms with Gasteiger partial charge in [-0.15, -0.1) is 11.8 Å². The van der Waals surface area contributed by atoms with Crippen molar-refractivity contribution in [3.05, 3.63) is 29.8 Å². The van der Waals surface area contributed by atoms with Crippen LogP contribution in [0.3, 0.4) is 0 Å². The van der Waals surface area contributed by atoms with Crippen molar-refractivity contribution in [3.8, 4) is 11.3 Å². The molecule has 2 aromatic rings. The zero-order valence-corrected chi connectivity index (χ0v) is 9.75. The quantitative estimate of drug-likeness (QED) is 0.821. The van der Waals surface area contributed by atoms with Crippen LogP contribution in [0, 0.1) is 0 Å². The van der Waals surface area contributed by atoms with Gasteiger partial charge in [-0.3, -0.25) is 0 Å². The number of nitrogen functional groups attached to an aromatic ring is 1. The minimum atomic E-state index is 0.364. The Morgan fingerprint density at radius 1 is 1.50 bits per heavy atom. The summed E-state index contributed by atoms with van der Waals surface area (Å²) in [7, 11) is 0. The van der Waals surface area contributed by atoms with E-state index in [1.54, 1.807) is 6.07 Å². The summed E-state index contributed by atoms with van der Waals surface area (Å²) in [5.41, 5.74) is 8.91. The summed E-state index contributed by atoms with van der Waals surface area (Å²) in [5.74, 6) is 0.364. The number of nitrogens with two attached hydrogens (primary N) is 1. The van der Waals surface area contributed by atoms with E-state index in [4.69, 9.17) is 10.3 Å². The predicted octanol–water partition coefficient (Wildman–Crippen LogP) is 2.96. The van der Waals surface area contributed by atoms with Gasteiger partial charge in [0.25, 0.3) is 0 Å². The van der Waals surface area contributed by atoms with E-state index in [1.807, 2.05) is 11.8 Å². The van der Waals surface area contributed by atoms with Gasteiger partial charge in [-0.05, 0) is 12.0 Å². The van der Waals surface area contributed by atoms with Gasteiger partial charge in [-0.25, -0.2) is 0 Å². The van der Waals surface area contributed by atoms with Gasteiger partial charge in [-0.1, -0.05) is 30.3 Å². The average molecular weight is 232 g/mol. The van der Waals surface area contributed by atoms with Crippen LogP contribution in [0.2, 0.25) is 0 Å². The van der Waals surface area contributed by atoms with Gasteiger partial charge in [0.2, 0.25) is 5.88 Å². The molecule has 0 saturated carbocycles. The normalized spacial score (nSPS) is 18.7. The standard InChI is InChI=1S/C12H12N2OS/c1-7-5-8-3-2-4-9(12(8)16-7)10-6-11(13)15-14-10/h2-4,6-7H,5,13H2,1H3. The van der Waals surface area contributed by atoms with Crippen LogP contribution in [0.5, 0.6) is 0 Å². The van der Waals surface area contributed by atoms with E-state index in [9.17, 15) is 0 Å². The molecule has 82 valence electrons. The molecule has 0 aliphatic carbocycles. The number of aromatic nitrogens is 1. The SMILES string of the molecule is CC1Cc2cccc(-c3cc(N)on3)c2S1. The molecule has 2 heterocycles. The van der Waals surface area contributed by atoms with Crippen molar-refractivity contribution in [2.45, 2.75) is 23.5 Å². The molecule has 16 heavy (non-hydrogen) atoms. The minimum Gasteiger partial charge on any atom is -0.368 e. The van der Waals surface area contributed by atoms with Gasteiger partial charge < -0.3 is 10.3 Å². The molecular formula is C12H12N2OS. The highest BCUT2D eigenvalue weighted by atomic mass is 32.2. The van der Waals surface area contributed by atoms with E-state index in [0.717, 1.165) is 17.7 Å². The first-order valence-electron chi connectivity index (χ1n) is 5.25. The number of hydrogen-bond acceptors (Lipinski definition) is 4. The smallest absolute Gasteiger partial charge is 0.222 e. The van der Waals surface area contributed by atoms with Crippen molar-refractivity contribution >= 4 is 17.6 Å². The lowest BCUT2D eigenvalue weighted by molar-refractivity contribution is 0.439. The van der Waals surface area contributed by atoms with Crippen LogP contribution in [0.1, 0.15) is 12.5 Å². The molecule has 3 rings (SSSR count). The Bertz CT molecular complexity index is 536. The Hall–Kier alpha value is -1.42.